The minimum Gasteiger partial charge on any atom is -0.355 e. The first-order valence-electron chi connectivity index (χ1n) is 3.98. The van der Waals surface area contributed by atoms with Crippen LogP contribution in [0.3, 0.4) is 0 Å². The largest absolute Gasteiger partial charge is 0.355 e. The Morgan fingerprint density at radius 2 is 2.21 bits per heavy atom. The molecule has 0 saturated heterocycles. The Balaban J connectivity index is 2.02. The van der Waals surface area contributed by atoms with Gasteiger partial charge in [-0.2, -0.15) is 0 Å². The van der Waals surface area contributed by atoms with Crippen molar-refractivity contribution in [2.75, 3.05) is 5.32 Å². The highest BCUT2D eigenvalue weighted by molar-refractivity contribution is 7.09. The Morgan fingerprint density at radius 1 is 1.36 bits per heavy atom. The molecule has 1 N–H and O–H groups in total. The highest BCUT2D eigenvalue weighted by atomic mass is 32.1. The lowest BCUT2D eigenvalue weighted by atomic mass is 10.2. The van der Waals surface area contributed by atoms with Gasteiger partial charge in [0.15, 0.2) is 0 Å². The van der Waals surface area contributed by atoms with E-state index in [1.807, 2.05) is 0 Å². The van der Waals surface area contributed by atoms with Crippen molar-refractivity contribution >= 4 is 16.7 Å². The number of anilines is 1. The number of rotatable bonds is 3. The summed E-state index contributed by atoms with van der Waals surface area (Å²) in [6.45, 7) is 0.392. The van der Waals surface area contributed by atoms with Crippen LogP contribution < -0.4 is 5.32 Å². The summed E-state index contributed by atoms with van der Waals surface area (Å²) in [5.41, 5.74) is 0.600. The van der Waals surface area contributed by atoms with Crippen molar-refractivity contribution in [3.63, 3.8) is 0 Å². The Hall–Kier alpha value is -1.56. The highest BCUT2D eigenvalue weighted by Gasteiger charge is 2.01. The zero-order valence-electron chi connectivity index (χ0n) is 7.14. The molecular weight excluding hydrogens is 203 g/mol. The molecule has 0 fully saturated rings. The third kappa shape index (κ3) is 2.02. The van der Waals surface area contributed by atoms with Crippen LogP contribution in [0.25, 0.3) is 0 Å². The first-order chi connectivity index (χ1) is 6.86. The zero-order chi connectivity index (χ0) is 9.80. The molecule has 0 bridgehead atoms. The molecule has 0 aliphatic rings. The van der Waals surface area contributed by atoms with Gasteiger partial charge < -0.3 is 5.32 Å². The normalized spacial score (nSPS) is 10.1. The van der Waals surface area contributed by atoms with E-state index in [-0.39, 0.29) is 5.82 Å². The fourth-order valence-electron chi connectivity index (χ4n) is 1.01. The summed E-state index contributed by atoms with van der Waals surface area (Å²) in [7, 11) is 0. The first-order valence-corrected chi connectivity index (χ1v) is 4.76. The summed E-state index contributed by atoms with van der Waals surface area (Å²) < 4.78 is 16.7. The summed E-state index contributed by atoms with van der Waals surface area (Å²) in [6, 6.07) is 6.59. The average Bonchev–Trinajstić information content (AvgIpc) is 2.69. The molecule has 0 atom stereocenters. The molecule has 1 aromatic carbocycles. The standard InChI is InChI=1S/C8H7FN4S/c9-7-4-2-1-3-6(7)5-10-8-11-12-13-14-8/h1-4H,5H2,(H,10,11,13). The molecule has 0 unspecified atom stereocenters. The minimum atomic E-state index is -0.225. The summed E-state index contributed by atoms with van der Waals surface area (Å²) in [5, 5.41) is 10.6. The molecule has 72 valence electrons. The monoisotopic (exact) mass is 210 g/mol. The van der Waals surface area contributed by atoms with Crippen molar-refractivity contribution in [3.8, 4) is 0 Å². The quantitative estimate of drug-likeness (QED) is 0.837. The van der Waals surface area contributed by atoms with Crippen LogP contribution in [0.2, 0.25) is 0 Å². The Labute approximate surface area is 83.9 Å². The maximum Gasteiger partial charge on any atom is 0.225 e. The highest BCUT2D eigenvalue weighted by Crippen LogP contribution is 2.10. The van der Waals surface area contributed by atoms with Crippen LogP contribution in [0.4, 0.5) is 9.52 Å². The summed E-state index contributed by atoms with van der Waals surface area (Å²) in [5.74, 6) is -0.225. The average molecular weight is 210 g/mol. The predicted octanol–water partition coefficient (Wildman–Crippen LogP) is 1.68. The van der Waals surface area contributed by atoms with E-state index in [2.05, 4.69) is 20.1 Å². The second-order valence-electron chi connectivity index (χ2n) is 2.61. The van der Waals surface area contributed by atoms with Gasteiger partial charge in [0, 0.05) is 23.6 Å². The van der Waals surface area contributed by atoms with Crippen molar-refractivity contribution in [1.82, 2.24) is 14.8 Å². The van der Waals surface area contributed by atoms with E-state index in [9.17, 15) is 4.39 Å². The topological polar surface area (TPSA) is 50.7 Å². The lowest BCUT2D eigenvalue weighted by molar-refractivity contribution is 0.613. The summed E-state index contributed by atoms with van der Waals surface area (Å²) in [6.07, 6.45) is 0. The van der Waals surface area contributed by atoms with Crippen LogP contribution in [0, 0.1) is 5.82 Å². The predicted molar refractivity (Wildman–Crippen MR) is 51.4 cm³/mol. The molecule has 0 saturated carbocycles. The van der Waals surface area contributed by atoms with E-state index in [1.165, 1.54) is 6.07 Å². The van der Waals surface area contributed by atoms with Gasteiger partial charge in [-0.15, -0.1) is 0 Å². The van der Waals surface area contributed by atoms with Crippen molar-refractivity contribution in [2.24, 2.45) is 0 Å². The van der Waals surface area contributed by atoms with Crippen molar-refractivity contribution in [1.29, 1.82) is 0 Å². The fraction of sp³-hybridized carbons (Fsp3) is 0.125. The maximum absolute atomic E-state index is 13.1. The molecule has 4 nitrogen and oxygen atoms in total. The van der Waals surface area contributed by atoms with Gasteiger partial charge in [-0.05, 0) is 11.3 Å². The molecule has 2 rings (SSSR count). The van der Waals surface area contributed by atoms with Crippen LogP contribution in [0.1, 0.15) is 5.56 Å². The number of aromatic nitrogens is 3. The molecule has 0 aliphatic heterocycles. The van der Waals surface area contributed by atoms with Gasteiger partial charge >= 0.3 is 0 Å². The van der Waals surface area contributed by atoms with E-state index in [0.717, 1.165) is 11.5 Å². The number of hydrogen-bond donors (Lipinski definition) is 1. The third-order valence-corrected chi connectivity index (χ3v) is 2.24. The van der Waals surface area contributed by atoms with E-state index in [0.29, 0.717) is 17.2 Å². The van der Waals surface area contributed by atoms with Crippen LogP contribution >= 0.6 is 11.5 Å². The van der Waals surface area contributed by atoms with Crippen LogP contribution in [-0.2, 0) is 6.54 Å². The smallest absolute Gasteiger partial charge is 0.225 e. The van der Waals surface area contributed by atoms with Crippen LogP contribution in [-0.4, -0.2) is 14.8 Å². The van der Waals surface area contributed by atoms with Gasteiger partial charge in [-0.3, -0.25) is 0 Å². The second kappa shape index (κ2) is 4.10. The van der Waals surface area contributed by atoms with Crippen LogP contribution in [0.5, 0.6) is 0 Å². The van der Waals surface area contributed by atoms with Crippen molar-refractivity contribution in [2.45, 2.75) is 6.54 Å². The summed E-state index contributed by atoms with van der Waals surface area (Å²) >= 11 is 1.14. The van der Waals surface area contributed by atoms with E-state index >= 15 is 0 Å². The number of halogens is 1. The summed E-state index contributed by atoms with van der Waals surface area (Å²) in [4.78, 5) is 0. The second-order valence-corrected chi connectivity index (χ2v) is 3.35. The van der Waals surface area contributed by atoms with Gasteiger partial charge in [-0.1, -0.05) is 27.8 Å². The van der Waals surface area contributed by atoms with Gasteiger partial charge in [0.25, 0.3) is 0 Å². The fourth-order valence-corrected chi connectivity index (χ4v) is 1.37. The van der Waals surface area contributed by atoms with Gasteiger partial charge in [0.2, 0.25) is 5.13 Å². The lowest BCUT2D eigenvalue weighted by Gasteiger charge is -2.02. The molecule has 6 heteroatoms. The molecule has 1 aromatic heterocycles. The molecule has 2 aromatic rings. The minimum absolute atomic E-state index is 0.225. The van der Waals surface area contributed by atoms with E-state index < -0.39 is 0 Å². The Morgan fingerprint density at radius 3 is 2.93 bits per heavy atom. The number of nitrogens with zero attached hydrogens (tertiary/aromatic N) is 3. The Kier molecular flexibility index (Phi) is 2.64. The van der Waals surface area contributed by atoms with Crippen molar-refractivity contribution in [3.05, 3.63) is 35.6 Å². The zero-order valence-corrected chi connectivity index (χ0v) is 7.96. The molecule has 14 heavy (non-hydrogen) atoms. The molecule has 0 amide bonds. The molecule has 1 heterocycles. The Bertz CT molecular complexity index is 403. The third-order valence-electron chi connectivity index (χ3n) is 1.69. The SMILES string of the molecule is Fc1ccccc1CNc1nnns1. The molecule has 0 radical (unpaired) electrons. The molecule has 0 aliphatic carbocycles. The molecular formula is C8H7FN4S. The first kappa shape index (κ1) is 9.01. The van der Waals surface area contributed by atoms with Gasteiger partial charge in [-0.25, -0.2) is 4.39 Å². The number of nitrogens with one attached hydrogen (secondary N) is 1. The van der Waals surface area contributed by atoms with Gasteiger partial charge in [0.05, 0.1) is 0 Å². The molecule has 0 spiro atoms. The van der Waals surface area contributed by atoms with Crippen molar-refractivity contribution < 1.29 is 4.39 Å². The van der Waals surface area contributed by atoms with E-state index in [1.54, 1.807) is 18.2 Å². The van der Waals surface area contributed by atoms with Gasteiger partial charge in [0.1, 0.15) is 5.82 Å². The van der Waals surface area contributed by atoms with Crippen LogP contribution in [0.15, 0.2) is 24.3 Å². The number of benzene rings is 1. The van der Waals surface area contributed by atoms with E-state index in [4.69, 9.17) is 0 Å². The maximum atomic E-state index is 13.1. The number of hydrogen-bond acceptors (Lipinski definition) is 5. The lowest BCUT2D eigenvalue weighted by Crippen LogP contribution is -2.01.